The average Bonchev–Trinajstić information content (AvgIpc) is 3.29. The summed E-state index contributed by atoms with van der Waals surface area (Å²) in [6.07, 6.45) is 4.80. The highest BCUT2D eigenvalue weighted by Gasteiger charge is 2.40. The van der Waals surface area contributed by atoms with E-state index in [0.717, 1.165) is 31.2 Å². The molecule has 0 atom stereocenters. The highest BCUT2D eigenvalue weighted by molar-refractivity contribution is 7.89. The number of nitrogens with zero attached hydrogens (tertiary/aromatic N) is 1. The van der Waals surface area contributed by atoms with Crippen molar-refractivity contribution >= 4 is 27.2 Å². The zero-order valence-electron chi connectivity index (χ0n) is 11.9. The SMILES string of the molecule is NC(=S)Cc1ccc(S(=O)(=O)N(CC2CC2)C2CC2)cc1. The van der Waals surface area contributed by atoms with Gasteiger partial charge in [-0.1, -0.05) is 24.4 Å². The molecular formula is C15H20N2O2S2. The first-order chi connectivity index (χ1) is 9.96. The van der Waals surface area contributed by atoms with Crippen molar-refractivity contribution in [3.05, 3.63) is 29.8 Å². The standard InChI is InChI=1S/C15H20N2O2S2/c16-15(20)9-11-3-7-14(8-4-11)21(18,19)17(13-5-6-13)10-12-1-2-12/h3-4,7-8,12-13H,1-2,5-6,9-10H2,(H2,16,20). The summed E-state index contributed by atoms with van der Waals surface area (Å²) in [4.78, 5) is 0.792. The topological polar surface area (TPSA) is 63.4 Å². The van der Waals surface area contributed by atoms with E-state index in [9.17, 15) is 8.42 Å². The summed E-state index contributed by atoms with van der Waals surface area (Å²) in [7, 11) is -3.37. The summed E-state index contributed by atoms with van der Waals surface area (Å²) in [5, 5.41) is 0. The first-order valence-electron chi connectivity index (χ1n) is 7.36. The summed E-state index contributed by atoms with van der Waals surface area (Å²) in [6, 6.07) is 7.16. The van der Waals surface area contributed by atoms with E-state index < -0.39 is 10.0 Å². The fraction of sp³-hybridized carbons (Fsp3) is 0.533. The van der Waals surface area contributed by atoms with Gasteiger partial charge in [-0.15, -0.1) is 0 Å². The molecule has 2 aliphatic rings. The third kappa shape index (κ3) is 3.62. The Bertz CT molecular complexity index is 632. The summed E-state index contributed by atoms with van der Waals surface area (Å²) in [5.74, 6) is 0.564. The molecule has 2 N–H and O–H groups in total. The van der Waals surface area contributed by atoms with Crippen LogP contribution in [0.3, 0.4) is 0 Å². The smallest absolute Gasteiger partial charge is 0.243 e. The van der Waals surface area contributed by atoms with E-state index in [-0.39, 0.29) is 6.04 Å². The molecular weight excluding hydrogens is 304 g/mol. The van der Waals surface area contributed by atoms with Gasteiger partial charge in [0.05, 0.1) is 9.88 Å². The molecule has 2 saturated carbocycles. The maximum absolute atomic E-state index is 12.8. The van der Waals surface area contributed by atoms with E-state index in [1.54, 1.807) is 28.6 Å². The maximum Gasteiger partial charge on any atom is 0.243 e. The number of thiocarbonyl (C=S) groups is 1. The second-order valence-electron chi connectivity index (χ2n) is 6.04. The van der Waals surface area contributed by atoms with Crippen LogP contribution in [0, 0.1) is 5.92 Å². The molecule has 0 amide bonds. The van der Waals surface area contributed by atoms with E-state index >= 15 is 0 Å². The molecule has 6 heteroatoms. The molecule has 4 nitrogen and oxygen atoms in total. The molecule has 1 aromatic carbocycles. The van der Waals surface area contributed by atoms with Crippen molar-refractivity contribution in [1.82, 2.24) is 4.31 Å². The van der Waals surface area contributed by atoms with Gasteiger partial charge in [0.15, 0.2) is 0 Å². The molecule has 0 unspecified atom stereocenters. The zero-order valence-corrected chi connectivity index (χ0v) is 13.5. The van der Waals surface area contributed by atoms with Gasteiger partial charge in [-0.05, 0) is 49.3 Å². The van der Waals surface area contributed by atoms with Gasteiger partial charge < -0.3 is 5.73 Å². The van der Waals surface area contributed by atoms with E-state index in [2.05, 4.69) is 0 Å². The molecule has 2 aliphatic carbocycles. The van der Waals surface area contributed by atoms with Crippen molar-refractivity contribution in [3.63, 3.8) is 0 Å². The predicted molar refractivity (Wildman–Crippen MR) is 86.6 cm³/mol. The Labute approximate surface area is 131 Å². The van der Waals surface area contributed by atoms with E-state index in [1.807, 2.05) is 0 Å². The Hall–Kier alpha value is -0.980. The number of nitrogens with two attached hydrogens (primary N) is 1. The Morgan fingerprint density at radius 3 is 2.29 bits per heavy atom. The lowest BCUT2D eigenvalue weighted by Gasteiger charge is -2.22. The third-order valence-electron chi connectivity index (χ3n) is 4.00. The number of hydrogen-bond donors (Lipinski definition) is 1. The van der Waals surface area contributed by atoms with Gasteiger partial charge in [-0.25, -0.2) is 8.42 Å². The largest absolute Gasteiger partial charge is 0.393 e. The fourth-order valence-corrected chi connectivity index (χ4v) is 4.40. The van der Waals surface area contributed by atoms with Crippen LogP contribution in [0.4, 0.5) is 0 Å². The highest BCUT2D eigenvalue weighted by Crippen LogP contribution is 2.38. The second kappa shape index (κ2) is 5.66. The summed E-state index contributed by atoms with van der Waals surface area (Å²) >= 11 is 4.87. The van der Waals surface area contributed by atoms with Crippen molar-refractivity contribution in [2.45, 2.75) is 43.0 Å². The third-order valence-corrected chi connectivity index (χ3v) is 6.07. The highest BCUT2D eigenvalue weighted by atomic mass is 32.2. The van der Waals surface area contributed by atoms with Crippen LogP contribution in [0.2, 0.25) is 0 Å². The summed E-state index contributed by atoms with van der Waals surface area (Å²) in [6.45, 7) is 0.682. The Morgan fingerprint density at radius 1 is 1.19 bits per heavy atom. The minimum atomic E-state index is -3.37. The van der Waals surface area contributed by atoms with Crippen LogP contribution in [-0.2, 0) is 16.4 Å². The van der Waals surface area contributed by atoms with Gasteiger partial charge >= 0.3 is 0 Å². The Morgan fingerprint density at radius 2 is 1.81 bits per heavy atom. The van der Waals surface area contributed by atoms with Gasteiger partial charge in [0.25, 0.3) is 0 Å². The molecule has 0 bridgehead atoms. The monoisotopic (exact) mass is 324 g/mol. The van der Waals surface area contributed by atoms with E-state index in [1.165, 1.54) is 0 Å². The lowest BCUT2D eigenvalue weighted by atomic mass is 10.1. The van der Waals surface area contributed by atoms with Gasteiger partial charge in [-0.3, -0.25) is 0 Å². The van der Waals surface area contributed by atoms with Crippen LogP contribution in [0.25, 0.3) is 0 Å². The van der Waals surface area contributed by atoms with Crippen LogP contribution in [0.1, 0.15) is 31.2 Å². The molecule has 0 aliphatic heterocycles. The molecule has 114 valence electrons. The number of rotatable bonds is 7. The number of benzene rings is 1. The summed E-state index contributed by atoms with van der Waals surface area (Å²) in [5.41, 5.74) is 6.46. The van der Waals surface area contributed by atoms with Crippen molar-refractivity contribution in [2.75, 3.05) is 6.54 Å². The molecule has 0 saturated heterocycles. The van der Waals surface area contributed by atoms with Crippen LogP contribution in [-0.4, -0.2) is 30.3 Å². The van der Waals surface area contributed by atoms with Crippen molar-refractivity contribution in [3.8, 4) is 0 Å². The van der Waals surface area contributed by atoms with Gasteiger partial charge in [-0.2, -0.15) is 4.31 Å². The molecule has 0 radical (unpaired) electrons. The van der Waals surface area contributed by atoms with Crippen molar-refractivity contribution in [1.29, 1.82) is 0 Å². The van der Waals surface area contributed by atoms with E-state index in [4.69, 9.17) is 18.0 Å². The zero-order chi connectivity index (χ0) is 15.0. The molecule has 1 aromatic rings. The molecule has 0 spiro atoms. The van der Waals surface area contributed by atoms with Crippen LogP contribution >= 0.6 is 12.2 Å². The van der Waals surface area contributed by atoms with Crippen LogP contribution in [0.5, 0.6) is 0 Å². The first kappa shape index (κ1) is 14.9. The second-order valence-corrected chi connectivity index (χ2v) is 8.45. The van der Waals surface area contributed by atoms with Gasteiger partial charge in [0.1, 0.15) is 0 Å². The van der Waals surface area contributed by atoms with Crippen LogP contribution < -0.4 is 5.73 Å². The minimum absolute atomic E-state index is 0.215. The first-order valence-corrected chi connectivity index (χ1v) is 9.21. The number of sulfonamides is 1. The summed E-state index contributed by atoms with van der Waals surface area (Å²) < 4.78 is 27.3. The lowest BCUT2D eigenvalue weighted by Crippen LogP contribution is -2.34. The van der Waals surface area contributed by atoms with Gasteiger partial charge in [0, 0.05) is 19.0 Å². The minimum Gasteiger partial charge on any atom is -0.393 e. The van der Waals surface area contributed by atoms with Crippen molar-refractivity contribution < 1.29 is 8.42 Å². The number of hydrogen-bond acceptors (Lipinski definition) is 3. The molecule has 21 heavy (non-hydrogen) atoms. The fourth-order valence-electron chi connectivity index (χ4n) is 2.48. The van der Waals surface area contributed by atoms with Crippen molar-refractivity contribution in [2.24, 2.45) is 11.7 Å². The molecule has 3 rings (SSSR count). The van der Waals surface area contributed by atoms with Crippen LogP contribution in [0.15, 0.2) is 29.2 Å². The molecule has 0 heterocycles. The normalized spacial score (nSPS) is 18.9. The molecule has 2 fully saturated rings. The van der Waals surface area contributed by atoms with Gasteiger partial charge in [0.2, 0.25) is 10.0 Å². The Balaban J connectivity index is 1.80. The molecule has 0 aromatic heterocycles. The Kier molecular flexibility index (Phi) is 4.03. The maximum atomic E-state index is 12.8. The predicted octanol–water partition coefficient (Wildman–Crippen LogP) is 2.08. The lowest BCUT2D eigenvalue weighted by molar-refractivity contribution is 0.389. The van der Waals surface area contributed by atoms with E-state index in [0.29, 0.717) is 28.8 Å². The average molecular weight is 324 g/mol. The quantitative estimate of drug-likeness (QED) is 0.780.